The van der Waals surface area contributed by atoms with Crippen molar-refractivity contribution >= 4 is 171 Å². The van der Waals surface area contributed by atoms with Crippen LogP contribution >= 0.6 is 75.3 Å². The number of alkyl halides is 1. The predicted octanol–water partition coefficient (Wildman–Crippen LogP) is 9.57. The van der Waals surface area contributed by atoms with E-state index in [-0.39, 0.29) is 83.4 Å². The summed E-state index contributed by atoms with van der Waals surface area (Å²) < 4.78 is 90.6. The number of carbonyl (C=O) groups excluding carboxylic acids is 5. The van der Waals surface area contributed by atoms with Gasteiger partial charge in [-0.05, 0) is 136 Å². The molecule has 0 aliphatic carbocycles. The molecule has 4 amide bonds. The Morgan fingerprint density at radius 1 is 0.480 bits per heavy atom. The third-order valence-corrected chi connectivity index (χ3v) is 18.1. The van der Waals surface area contributed by atoms with E-state index in [1.54, 1.807) is 97.1 Å². The Morgan fingerprint density at radius 3 is 1.18 bits per heavy atom. The summed E-state index contributed by atoms with van der Waals surface area (Å²) in [6.45, 7) is 0.0441. The maximum atomic E-state index is 13.0. The van der Waals surface area contributed by atoms with E-state index in [4.69, 9.17) is 33.3 Å². The van der Waals surface area contributed by atoms with Crippen LogP contribution in [0, 0.1) is 0 Å². The fourth-order valence-electron chi connectivity index (χ4n) is 10.2. The first-order chi connectivity index (χ1) is 51.1. The number of hydrogen-bond donors (Lipinski definition) is 6. The molecule has 0 bridgehead atoms. The number of halogens is 5. The van der Waals surface area contributed by atoms with Crippen LogP contribution in [0.4, 0.5) is 0 Å². The van der Waals surface area contributed by atoms with Crippen molar-refractivity contribution in [3.8, 4) is 0 Å². The number of rotatable bonds is 9. The number of amides is 4. The third-order valence-electron chi connectivity index (χ3n) is 15.9. The lowest BCUT2D eigenvalue weighted by Gasteiger charge is -2.32. The van der Waals surface area contributed by atoms with E-state index in [0.717, 1.165) is 8.95 Å². The maximum Gasteiger partial charge on any atom is 0.494 e. The molecule has 0 atom stereocenters. The van der Waals surface area contributed by atoms with Crippen molar-refractivity contribution in [1.82, 2.24) is 60.8 Å². The standard InChI is InChI=1S/C23H22BN3O5.C17H10BrN3O3.C10H7BrN2O3.C9H6BrClN2O.C9H7BrN2O2/c1-22(2)23(3,4)32-24(31-22)13-9-10-14-17(11-13)18(25-26-19(14)28)12-27-20(29)15-7-5-6-8-16(15)21(27)30;18-9-5-6-10-13(7-9)14(19-20-15(10)22)8-21-16(23)11-3-1-2-4-12(11)17(21)24;1-16-10(15)8-7-4-5(11)2-3-6(7)9(14)13-12-8;10-5-1-2-6-7(3-5)8(4-11)12-13-9(6)14;10-5-1-2-6-7(3-5)8(4-13)11-12-9(6)14/h5-11H,12H2,1-4H3,(H,26,28);1-7H,8H2,(H,20,22);2-4H,1H3,(H,13,14);1-3H,4H2,(H,13,14);1-3,13H,4H2,(H,12,14)/i12D2;8D2;;4D2;4D2,13D. The summed E-state index contributed by atoms with van der Waals surface area (Å²) in [5, 5.41) is 36.8. The monoisotopic (exact) mass is 1630 g/mol. The molecular formula is C68H52BBr4ClN12O14. The van der Waals surface area contributed by atoms with Crippen molar-refractivity contribution in [2.45, 2.75) is 64.3 Å². The summed E-state index contributed by atoms with van der Waals surface area (Å²) >= 11 is 18.6. The van der Waals surface area contributed by atoms with Gasteiger partial charge in [-0.2, -0.15) is 25.5 Å². The van der Waals surface area contributed by atoms with E-state index in [0.29, 0.717) is 56.5 Å². The number of nitrogens with one attached hydrogen (secondary N) is 5. The average molecular weight is 1640 g/mol. The highest BCUT2D eigenvalue weighted by Gasteiger charge is 2.52. The molecule has 32 heteroatoms. The van der Waals surface area contributed by atoms with Crippen LogP contribution in [0.1, 0.15) is 113 Å². The van der Waals surface area contributed by atoms with Crippen molar-refractivity contribution in [3.05, 3.63) is 260 Å². The third kappa shape index (κ3) is 14.5. The molecule has 0 spiro atoms. The molecule has 6 N–H and O–H groups in total. The van der Waals surface area contributed by atoms with Gasteiger partial charge in [-0.3, -0.25) is 53.0 Å². The molecule has 5 aromatic heterocycles. The molecule has 0 saturated carbocycles. The zero-order valence-corrected chi connectivity index (χ0v) is 59.2. The minimum atomic E-state index is -2.65. The van der Waals surface area contributed by atoms with E-state index >= 15 is 0 Å². The molecule has 100 heavy (non-hydrogen) atoms. The molecule has 26 nitrogen and oxygen atoms in total. The van der Waals surface area contributed by atoms with Crippen molar-refractivity contribution in [3.63, 3.8) is 0 Å². The number of fused-ring (bicyclic) bond motifs is 7. The summed E-state index contributed by atoms with van der Waals surface area (Å²) in [4.78, 5) is 123. The molecule has 1 saturated heterocycles. The summed E-state index contributed by atoms with van der Waals surface area (Å²) in [6, 6.07) is 36.4. The van der Waals surface area contributed by atoms with E-state index < -0.39 is 90.0 Å². The van der Waals surface area contributed by atoms with Gasteiger partial charge < -0.3 is 19.2 Å². The van der Waals surface area contributed by atoms with Crippen LogP contribution in [0.2, 0.25) is 0 Å². The highest BCUT2D eigenvalue weighted by molar-refractivity contribution is 9.11. The molecule has 12 aromatic rings. The maximum absolute atomic E-state index is 13.0. The van der Waals surface area contributed by atoms with Crippen LogP contribution in [0.15, 0.2) is 181 Å². The van der Waals surface area contributed by atoms with Gasteiger partial charge in [0.1, 0.15) is 0 Å². The summed E-state index contributed by atoms with van der Waals surface area (Å²) in [5.74, 6) is -5.73. The number of H-pyrrole nitrogens is 5. The molecular weight excluding hydrogens is 1570 g/mol. The second-order valence-electron chi connectivity index (χ2n) is 22.6. The lowest BCUT2D eigenvalue weighted by atomic mass is 9.78. The second-order valence-corrected chi connectivity index (χ2v) is 26.4. The van der Waals surface area contributed by atoms with Crippen molar-refractivity contribution in [2.75, 3.05) is 7.11 Å². The summed E-state index contributed by atoms with van der Waals surface area (Å²) in [6.07, 6.45) is 0. The number of esters is 1. The second kappa shape index (κ2) is 29.5. The highest BCUT2D eigenvalue weighted by Crippen LogP contribution is 2.37. The summed E-state index contributed by atoms with van der Waals surface area (Å²) in [5.41, 5.74) is -2.82. The van der Waals surface area contributed by atoms with Crippen LogP contribution in [-0.2, 0) is 39.4 Å². The normalized spacial score (nSPS) is 15.9. The van der Waals surface area contributed by atoms with Gasteiger partial charge in [-0.25, -0.2) is 30.3 Å². The Hall–Kier alpha value is -9.86. The number of benzene rings is 7. The Kier molecular flexibility index (Phi) is 17.8. The molecule has 8 heterocycles. The first-order valence-electron chi connectivity index (χ1n) is 33.6. The Balaban J connectivity index is 0.000000141. The number of carbonyl (C=O) groups is 5. The van der Waals surface area contributed by atoms with Gasteiger partial charge in [0.15, 0.2) is 5.69 Å². The first kappa shape index (κ1) is 60.1. The van der Waals surface area contributed by atoms with Gasteiger partial charge in [-0.15, -0.1) is 11.6 Å². The molecule has 15 rings (SSSR count). The van der Waals surface area contributed by atoms with Crippen molar-refractivity contribution < 1.29 is 54.1 Å². The smallest absolute Gasteiger partial charge is 0.464 e. The molecule has 3 aliphatic rings. The number of nitrogens with zero attached hydrogens (tertiary/aromatic N) is 7. The van der Waals surface area contributed by atoms with Crippen LogP contribution in [0.3, 0.4) is 0 Å². The lowest BCUT2D eigenvalue weighted by molar-refractivity contribution is 0.00578. The van der Waals surface area contributed by atoms with Gasteiger partial charge in [0.05, 0.1) is 127 Å². The average Bonchev–Trinajstić information content (AvgIpc) is 1.59. The molecule has 506 valence electrons. The van der Waals surface area contributed by atoms with Gasteiger partial charge >= 0.3 is 13.1 Å². The number of aromatic nitrogens is 10. The van der Waals surface area contributed by atoms with Crippen molar-refractivity contribution in [2.24, 2.45) is 0 Å². The van der Waals surface area contributed by atoms with Gasteiger partial charge in [-0.1, -0.05) is 100 Å². The molecule has 1 fully saturated rings. The zero-order valence-electron chi connectivity index (χ0n) is 61.1. The molecule has 7 aromatic carbocycles. The SMILES string of the molecule is COC(=O)c1n[nH]c(=O)c2ccc(Br)cc12.[2H]C([2H])(Cl)c1n[nH]c(=O)c2ccc(Br)cc12.[2H]C([2H])(c1n[nH]c(=O)c2ccc(B3OC(C)(C)C(C)(C)O3)cc12)N1C(=O)c2ccccc2C1=O.[2H]C([2H])(c1n[nH]c(=O)c2ccc(Br)cc12)N1C(=O)c2ccccc2C1=O.[2H]OC([2H])([2H])c1n[nH]c(=O)c2ccc(Br)cc12. The number of hydrogen-bond acceptors (Lipinski definition) is 19. The quantitative estimate of drug-likeness (QED) is 0.0339. The number of aromatic amines is 5. The van der Waals surface area contributed by atoms with Crippen LogP contribution in [0.25, 0.3) is 53.9 Å². The lowest BCUT2D eigenvalue weighted by Crippen LogP contribution is -2.41. The molecule has 0 unspecified atom stereocenters. The fraction of sp³-hybridized carbons (Fsp3) is 0.162. The van der Waals surface area contributed by atoms with Crippen LogP contribution < -0.4 is 33.3 Å². The minimum Gasteiger partial charge on any atom is -0.464 e. The largest absolute Gasteiger partial charge is 0.494 e. The predicted molar refractivity (Wildman–Crippen MR) is 386 cm³/mol. The Morgan fingerprint density at radius 2 is 0.800 bits per heavy atom. The Bertz CT molecular complexity index is 6030. The van der Waals surface area contributed by atoms with E-state index in [9.17, 15) is 47.9 Å². The zero-order chi connectivity index (χ0) is 79.5. The van der Waals surface area contributed by atoms with Gasteiger partial charge in [0, 0.05) is 44.8 Å². The number of ether oxygens (including phenoxy) is 1. The van der Waals surface area contributed by atoms with E-state index in [1.165, 1.54) is 49.6 Å². The molecule has 0 radical (unpaired) electrons. The minimum absolute atomic E-state index is 0.00469. The summed E-state index contributed by atoms with van der Waals surface area (Å²) in [7, 11) is 0.505. The topological polar surface area (TPSA) is 368 Å². The number of methoxy groups -OCH3 is 1. The van der Waals surface area contributed by atoms with Crippen LogP contribution in [-0.4, -0.2) is 122 Å². The number of imide groups is 2. The Labute approximate surface area is 615 Å². The van der Waals surface area contributed by atoms with Crippen molar-refractivity contribution in [1.29, 1.82) is 1.43 Å². The van der Waals surface area contributed by atoms with E-state index in [2.05, 4.69) is 125 Å². The number of aliphatic hydroxyl groups is 1. The van der Waals surface area contributed by atoms with Gasteiger partial charge in [0.25, 0.3) is 51.4 Å². The highest BCUT2D eigenvalue weighted by atomic mass is 79.9. The van der Waals surface area contributed by atoms with Gasteiger partial charge in [0.2, 0.25) is 1.43 Å². The first-order valence-corrected chi connectivity index (χ1v) is 32.7. The molecule has 3 aliphatic heterocycles. The fourth-order valence-corrected chi connectivity index (χ4v) is 11.8. The van der Waals surface area contributed by atoms with Crippen LogP contribution in [0.5, 0.6) is 0 Å². The van der Waals surface area contributed by atoms with E-state index in [1.807, 2.05) is 27.7 Å².